The van der Waals surface area contributed by atoms with Crippen molar-refractivity contribution in [1.29, 1.82) is 0 Å². The molecule has 180 valence electrons. The summed E-state index contributed by atoms with van der Waals surface area (Å²) in [5.74, 6) is -2.41. The van der Waals surface area contributed by atoms with E-state index in [0.29, 0.717) is 5.56 Å². The van der Waals surface area contributed by atoms with Crippen LogP contribution in [0.15, 0.2) is 85.1 Å². The van der Waals surface area contributed by atoms with E-state index in [2.05, 4.69) is 10.3 Å². The third-order valence-corrected chi connectivity index (χ3v) is 6.37. The summed E-state index contributed by atoms with van der Waals surface area (Å²) in [5, 5.41) is 3.49. The van der Waals surface area contributed by atoms with Crippen LogP contribution in [0.25, 0.3) is 10.9 Å². The van der Waals surface area contributed by atoms with Crippen molar-refractivity contribution in [2.75, 3.05) is 7.11 Å². The molecule has 36 heavy (non-hydrogen) atoms. The number of ether oxygens (including phenoxy) is 1. The maximum Gasteiger partial charge on any atom is 0.333 e. The number of methoxy groups -OCH3 is 1. The lowest BCUT2D eigenvalue weighted by atomic mass is 10.0. The van der Waals surface area contributed by atoms with Gasteiger partial charge in [0.25, 0.3) is 11.8 Å². The fourth-order valence-corrected chi connectivity index (χ4v) is 4.58. The van der Waals surface area contributed by atoms with Gasteiger partial charge in [-0.25, -0.2) is 4.79 Å². The average molecular weight is 482 g/mol. The van der Waals surface area contributed by atoms with E-state index in [4.69, 9.17) is 4.74 Å². The number of amides is 3. The number of benzene rings is 3. The zero-order valence-electron chi connectivity index (χ0n) is 19.4. The lowest BCUT2D eigenvalue weighted by Gasteiger charge is -2.27. The number of imide groups is 1. The predicted octanol–water partition coefficient (Wildman–Crippen LogP) is 3.41. The van der Waals surface area contributed by atoms with Crippen molar-refractivity contribution in [2.24, 2.45) is 0 Å². The Hall–Kier alpha value is -4.72. The maximum atomic E-state index is 13.8. The highest BCUT2D eigenvalue weighted by atomic mass is 16.5. The van der Waals surface area contributed by atoms with Crippen LogP contribution in [0.2, 0.25) is 0 Å². The molecule has 2 N–H and O–H groups in total. The van der Waals surface area contributed by atoms with Crippen LogP contribution in [0.4, 0.5) is 0 Å². The van der Waals surface area contributed by atoms with Crippen LogP contribution >= 0.6 is 0 Å². The number of aromatic amines is 1. The molecule has 3 aromatic carbocycles. The molecule has 0 aliphatic carbocycles. The van der Waals surface area contributed by atoms with E-state index in [9.17, 15) is 19.2 Å². The second-order valence-electron chi connectivity index (χ2n) is 8.49. The predicted molar refractivity (Wildman–Crippen MR) is 132 cm³/mol. The Labute approximate surface area is 206 Å². The molecule has 0 spiro atoms. The SMILES string of the molecule is COC(=O)[C@H](NC(=O)[C@@H](Cc1ccccc1)N1C(=O)c2ccccc2C1=O)c1c[nH]c2ccccc12. The van der Waals surface area contributed by atoms with E-state index in [1.165, 1.54) is 7.11 Å². The summed E-state index contributed by atoms with van der Waals surface area (Å²) in [6, 6.07) is 20.6. The number of carbonyl (C=O) groups excluding carboxylic acids is 4. The molecular formula is C28H23N3O5. The molecule has 0 bridgehead atoms. The van der Waals surface area contributed by atoms with E-state index < -0.39 is 35.8 Å². The van der Waals surface area contributed by atoms with Crippen molar-refractivity contribution in [2.45, 2.75) is 18.5 Å². The second kappa shape index (κ2) is 9.50. The van der Waals surface area contributed by atoms with Gasteiger partial charge in [0.05, 0.1) is 18.2 Å². The molecule has 2 heterocycles. The molecule has 1 aromatic heterocycles. The summed E-state index contributed by atoms with van der Waals surface area (Å²) in [6.45, 7) is 0. The zero-order chi connectivity index (χ0) is 25.2. The molecular weight excluding hydrogens is 458 g/mol. The van der Waals surface area contributed by atoms with Crippen LogP contribution in [0.5, 0.6) is 0 Å². The fourth-order valence-electron chi connectivity index (χ4n) is 4.58. The van der Waals surface area contributed by atoms with Crippen LogP contribution in [-0.4, -0.2) is 46.7 Å². The number of para-hydroxylation sites is 1. The van der Waals surface area contributed by atoms with Crippen molar-refractivity contribution < 1.29 is 23.9 Å². The maximum absolute atomic E-state index is 13.8. The standard InChI is InChI=1S/C28H23N3O5/c1-36-28(35)24(21-16-29-22-14-8-7-11-18(21)22)30-25(32)23(15-17-9-3-2-4-10-17)31-26(33)19-12-5-6-13-20(19)27(31)34/h2-14,16,23-24,29H,15H2,1H3,(H,30,32)/t23-,24-/m1/s1. The van der Waals surface area contributed by atoms with Gasteiger partial charge < -0.3 is 15.0 Å². The molecule has 0 saturated carbocycles. The van der Waals surface area contributed by atoms with Gasteiger partial charge in [-0.3, -0.25) is 19.3 Å². The highest BCUT2D eigenvalue weighted by Gasteiger charge is 2.43. The third-order valence-electron chi connectivity index (χ3n) is 6.37. The van der Waals surface area contributed by atoms with Gasteiger partial charge in [0, 0.05) is 29.1 Å². The molecule has 0 saturated heterocycles. The van der Waals surface area contributed by atoms with Crippen molar-refractivity contribution in [3.8, 4) is 0 Å². The van der Waals surface area contributed by atoms with Gasteiger partial charge in [0.1, 0.15) is 6.04 Å². The van der Waals surface area contributed by atoms with Crippen molar-refractivity contribution in [1.82, 2.24) is 15.2 Å². The molecule has 5 rings (SSSR count). The number of H-pyrrole nitrogens is 1. The summed E-state index contributed by atoms with van der Waals surface area (Å²) in [7, 11) is 1.24. The smallest absolute Gasteiger partial charge is 0.333 e. The van der Waals surface area contributed by atoms with Gasteiger partial charge in [-0.15, -0.1) is 0 Å². The number of rotatable bonds is 7. The summed E-state index contributed by atoms with van der Waals surface area (Å²) in [4.78, 5) is 57.1. The Bertz CT molecular complexity index is 1440. The van der Waals surface area contributed by atoms with Gasteiger partial charge in [0.15, 0.2) is 6.04 Å². The Morgan fingerprint density at radius 3 is 2.17 bits per heavy atom. The van der Waals surface area contributed by atoms with E-state index in [1.807, 2.05) is 54.6 Å². The summed E-state index contributed by atoms with van der Waals surface area (Å²) < 4.78 is 4.99. The first-order valence-corrected chi connectivity index (χ1v) is 11.4. The molecule has 2 atom stereocenters. The van der Waals surface area contributed by atoms with Crippen LogP contribution in [-0.2, 0) is 20.7 Å². The Kier molecular flexibility index (Phi) is 6.08. The van der Waals surface area contributed by atoms with Crippen LogP contribution < -0.4 is 5.32 Å². The van der Waals surface area contributed by atoms with Crippen molar-refractivity contribution in [3.05, 3.63) is 107 Å². The molecule has 0 fully saturated rings. The number of hydrogen-bond acceptors (Lipinski definition) is 5. The highest BCUT2D eigenvalue weighted by molar-refractivity contribution is 6.23. The molecule has 1 aliphatic heterocycles. The summed E-state index contributed by atoms with van der Waals surface area (Å²) in [6.07, 6.45) is 1.72. The van der Waals surface area contributed by atoms with E-state index in [1.54, 1.807) is 30.5 Å². The molecule has 0 unspecified atom stereocenters. The zero-order valence-corrected chi connectivity index (χ0v) is 19.4. The first-order chi connectivity index (χ1) is 17.5. The van der Waals surface area contributed by atoms with Gasteiger partial charge in [-0.05, 0) is 23.8 Å². The number of fused-ring (bicyclic) bond motifs is 2. The van der Waals surface area contributed by atoms with Gasteiger partial charge in [-0.2, -0.15) is 0 Å². The monoisotopic (exact) mass is 481 g/mol. The molecule has 0 radical (unpaired) electrons. The normalized spacial score (nSPS) is 14.4. The van der Waals surface area contributed by atoms with Crippen LogP contribution in [0.1, 0.15) is 37.9 Å². The first kappa shape index (κ1) is 23.0. The lowest BCUT2D eigenvalue weighted by molar-refractivity contribution is -0.145. The number of nitrogens with one attached hydrogen (secondary N) is 2. The van der Waals surface area contributed by atoms with Crippen LogP contribution in [0, 0.1) is 0 Å². The lowest BCUT2D eigenvalue weighted by Crippen LogP contribution is -2.52. The Morgan fingerprint density at radius 1 is 0.889 bits per heavy atom. The van der Waals surface area contributed by atoms with Crippen LogP contribution in [0.3, 0.4) is 0 Å². The van der Waals surface area contributed by atoms with E-state index in [-0.39, 0.29) is 17.5 Å². The Morgan fingerprint density at radius 2 is 1.50 bits per heavy atom. The Balaban J connectivity index is 1.52. The number of esters is 1. The second-order valence-corrected chi connectivity index (χ2v) is 8.49. The summed E-state index contributed by atoms with van der Waals surface area (Å²) in [5.41, 5.74) is 2.56. The topological polar surface area (TPSA) is 109 Å². The number of carbonyl (C=O) groups is 4. The molecule has 3 amide bonds. The molecule has 8 nitrogen and oxygen atoms in total. The minimum absolute atomic E-state index is 0.0833. The van der Waals surface area contributed by atoms with E-state index in [0.717, 1.165) is 21.4 Å². The quantitative estimate of drug-likeness (QED) is 0.311. The number of hydrogen-bond donors (Lipinski definition) is 2. The van der Waals surface area contributed by atoms with Crippen molar-refractivity contribution in [3.63, 3.8) is 0 Å². The fraction of sp³-hybridized carbons (Fsp3) is 0.143. The number of aromatic nitrogens is 1. The minimum Gasteiger partial charge on any atom is -0.467 e. The van der Waals surface area contributed by atoms with E-state index >= 15 is 0 Å². The first-order valence-electron chi connectivity index (χ1n) is 11.4. The molecule has 4 aromatic rings. The molecule has 8 heteroatoms. The number of nitrogens with zero attached hydrogens (tertiary/aromatic N) is 1. The van der Waals surface area contributed by atoms with Gasteiger partial charge >= 0.3 is 5.97 Å². The van der Waals surface area contributed by atoms with Gasteiger partial charge in [-0.1, -0.05) is 60.7 Å². The largest absolute Gasteiger partial charge is 0.467 e. The molecule has 1 aliphatic rings. The average Bonchev–Trinajstić information content (AvgIpc) is 3.45. The highest BCUT2D eigenvalue weighted by Crippen LogP contribution is 2.28. The third kappa shape index (κ3) is 4.02. The summed E-state index contributed by atoms with van der Waals surface area (Å²) >= 11 is 0. The van der Waals surface area contributed by atoms with Gasteiger partial charge in [0.2, 0.25) is 5.91 Å². The van der Waals surface area contributed by atoms with Crippen molar-refractivity contribution >= 4 is 34.6 Å². The minimum atomic E-state index is -1.18.